The Morgan fingerprint density at radius 3 is 2.50 bits per heavy atom. The number of amides is 1. The predicted molar refractivity (Wildman–Crippen MR) is 115 cm³/mol. The van der Waals surface area contributed by atoms with Crippen molar-refractivity contribution < 1.29 is 18.3 Å². The van der Waals surface area contributed by atoms with E-state index < -0.39 is 10.0 Å². The zero-order chi connectivity index (χ0) is 21.1. The first-order valence-electron chi connectivity index (χ1n) is 11.0. The van der Waals surface area contributed by atoms with Crippen LogP contribution in [0.2, 0.25) is 0 Å². The van der Waals surface area contributed by atoms with Crippen molar-refractivity contribution in [1.82, 2.24) is 14.1 Å². The van der Waals surface area contributed by atoms with Gasteiger partial charge < -0.3 is 10.4 Å². The minimum Gasteiger partial charge on any atom is -0.390 e. The van der Waals surface area contributed by atoms with Gasteiger partial charge in [0.05, 0.1) is 11.0 Å². The Balaban J connectivity index is 1.29. The summed E-state index contributed by atoms with van der Waals surface area (Å²) in [6, 6.07) is 6.66. The molecule has 8 nitrogen and oxygen atoms in total. The molecule has 3 saturated heterocycles. The molecule has 2 N–H and O–H groups in total. The molecule has 9 heteroatoms. The number of carbonyl (C=O) groups is 1. The summed E-state index contributed by atoms with van der Waals surface area (Å²) in [4.78, 5) is 17.2. The summed E-state index contributed by atoms with van der Waals surface area (Å²) in [7, 11) is -3.50. The van der Waals surface area contributed by atoms with E-state index >= 15 is 0 Å². The topological polar surface area (TPSA) is 93.2 Å². The summed E-state index contributed by atoms with van der Waals surface area (Å²) in [6.45, 7) is 5.17. The lowest BCUT2D eigenvalue weighted by Crippen LogP contribution is -2.41. The molecule has 0 spiro atoms. The molecule has 0 radical (unpaired) electrons. The molecule has 1 aromatic rings. The van der Waals surface area contributed by atoms with E-state index in [9.17, 15) is 18.3 Å². The first-order chi connectivity index (χ1) is 14.4. The molecule has 1 aromatic carbocycles. The summed E-state index contributed by atoms with van der Waals surface area (Å²) in [5.74, 6) is -0.148. The molecule has 0 aliphatic carbocycles. The van der Waals surface area contributed by atoms with Gasteiger partial charge in [0.1, 0.15) is 0 Å². The van der Waals surface area contributed by atoms with Crippen molar-refractivity contribution in [3.05, 3.63) is 24.3 Å². The number of anilines is 1. The van der Waals surface area contributed by atoms with Crippen LogP contribution in [0.25, 0.3) is 0 Å². The lowest BCUT2D eigenvalue weighted by molar-refractivity contribution is -0.116. The van der Waals surface area contributed by atoms with Crippen LogP contribution in [0.4, 0.5) is 5.69 Å². The second kappa shape index (κ2) is 9.32. The van der Waals surface area contributed by atoms with Gasteiger partial charge in [-0.25, -0.2) is 8.42 Å². The van der Waals surface area contributed by atoms with Gasteiger partial charge in [0.2, 0.25) is 15.9 Å². The number of β-amino-alcohol motifs (C(OH)–C–C–N with tert-alkyl or cyclic N) is 1. The number of nitrogens with one attached hydrogen (secondary N) is 1. The molecule has 0 unspecified atom stereocenters. The van der Waals surface area contributed by atoms with Gasteiger partial charge in [-0.3, -0.25) is 14.6 Å². The second-order valence-corrected chi connectivity index (χ2v) is 10.5. The van der Waals surface area contributed by atoms with Gasteiger partial charge in [-0.1, -0.05) is 6.07 Å². The maximum Gasteiger partial charge on any atom is 0.243 e. The zero-order valence-corrected chi connectivity index (χ0v) is 18.2. The van der Waals surface area contributed by atoms with Crippen LogP contribution >= 0.6 is 0 Å². The number of hydrogen-bond donors (Lipinski definition) is 2. The zero-order valence-electron chi connectivity index (χ0n) is 17.4. The Morgan fingerprint density at radius 2 is 1.77 bits per heavy atom. The molecule has 3 aliphatic rings. The highest BCUT2D eigenvalue weighted by Gasteiger charge is 2.36. The van der Waals surface area contributed by atoms with E-state index in [0.29, 0.717) is 38.3 Å². The van der Waals surface area contributed by atoms with Gasteiger partial charge in [0.15, 0.2) is 0 Å². The second-order valence-electron chi connectivity index (χ2n) is 8.57. The summed E-state index contributed by atoms with van der Waals surface area (Å²) >= 11 is 0. The average Bonchev–Trinajstić information content (AvgIpc) is 3.48. The third kappa shape index (κ3) is 4.86. The normalized spacial score (nSPS) is 26.4. The van der Waals surface area contributed by atoms with E-state index in [4.69, 9.17) is 0 Å². The fraction of sp³-hybridized carbons (Fsp3) is 0.667. The van der Waals surface area contributed by atoms with Crippen LogP contribution in [0, 0.1) is 0 Å². The fourth-order valence-electron chi connectivity index (χ4n) is 4.76. The quantitative estimate of drug-likeness (QED) is 0.661. The van der Waals surface area contributed by atoms with Gasteiger partial charge in [-0.2, -0.15) is 4.31 Å². The molecular formula is C21H32N4O4S. The predicted octanol–water partition coefficient (Wildman–Crippen LogP) is 0.941. The van der Waals surface area contributed by atoms with E-state index in [1.165, 1.54) is 23.2 Å². The van der Waals surface area contributed by atoms with Crippen molar-refractivity contribution >= 4 is 21.6 Å². The van der Waals surface area contributed by atoms with Crippen molar-refractivity contribution in [1.29, 1.82) is 0 Å². The molecule has 4 rings (SSSR count). The third-order valence-electron chi connectivity index (χ3n) is 6.42. The molecule has 3 aliphatic heterocycles. The van der Waals surface area contributed by atoms with Gasteiger partial charge in [-0.15, -0.1) is 0 Å². The van der Waals surface area contributed by atoms with Crippen molar-refractivity contribution in [3.8, 4) is 0 Å². The van der Waals surface area contributed by atoms with Crippen LogP contribution in [-0.4, -0.2) is 91.5 Å². The van der Waals surface area contributed by atoms with Crippen LogP contribution < -0.4 is 5.32 Å². The number of aliphatic hydroxyl groups excluding tert-OH is 1. The minimum atomic E-state index is -3.50. The average molecular weight is 437 g/mol. The van der Waals surface area contributed by atoms with Crippen LogP contribution in [0.5, 0.6) is 0 Å². The number of rotatable bonds is 7. The van der Waals surface area contributed by atoms with E-state index in [2.05, 4.69) is 15.1 Å². The molecule has 166 valence electrons. The Kier molecular flexibility index (Phi) is 6.74. The summed E-state index contributed by atoms with van der Waals surface area (Å²) in [5, 5.41) is 13.2. The van der Waals surface area contributed by atoms with Crippen LogP contribution in [-0.2, 0) is 14.8 Å². The third-order valence-corrected chi connectivity index (χ3v) is 8.31. The fourth-order valence-corrected chi connectivity index (χ4v) is 6.32. The maximum atomic E-state index is 12.7. The lowest BCUT2D eigenvalue weighted by Gasteiger charge is -2.25. The molecule has 0 saturated carbocycles. The maximum absolute atomic E-state index is 12.7. The van der Waals surface area contributed by atoms with Crippen molar-refractivity contribution in [2.75, 3.05) is 51.1 Å². The number of carbonyl (C=O) groups excluding carboxylic acids is 1. The first kappa shape index (κ1) is 21.7. The molecule has 2 atom stereocenters. The monoisotopic (exact) mass is 436 g/mol. The number of nitrogens with zero attached hydrogens (tertiary/aromatic N) is 3. The van der Waals surface area contributed by atoms with E-state index in [1.807, 2.05) is 0 Å². The Labute approximate surface area is 178 Å². The van der Waals surface area contributed by atoms with Crippen molar-refractivity contribution in [2.45, 2.75) is 49.1 Å². The highest BCUT2D eigenvalue weighted by atomic mass is 32.2. The molecule has 3 heterocycles. The Hall–Kier alpha value is -1.52. The number of benzene rings is 1. The molecule has 0 bridgehead atoms. The summed E-state index contributed by atoms with van der Waals surface area (Å²) in [6.07, 6.45) is 4.11. The highest BCUT2D eigenvalue weighted by molar-refractivity contribution is 7.89. The SMILES string of the molecule is O=C(CCN1C[C@@H](O)[C@@H](N2CCCC2)C1)Nc1cccc(S(=O)(=O)N2CCCC2)c1. The van der Waals surface area contributed by atoms with Crippen LogP contribution in [0.1, 0.15) is 32.1 Å². The Morgan fingerprint density at radius 1 is 1.07 bits per heavy atom. The van der Waals surface area contributed by atoms with Crippen molar-refractivity contribution in [2.24, 2.45) is 0 Å². The van der Waals surface area contributed by atoms with Gasteiger partial charge in [0.25, 0.3) is 0 Å². The standard InChI is InChI=1S/C21H32N4O4S/c26-20-16-23(15-19(20)24-9-1-2-10-24)13-8-21(27)22-17-6-5-7-18(14-17)30(28,29)25-11-3-4-12-25/h5-7,14,19-20,26H,1-4,8-13,15-16H2,(H,22,27)/t19-,20+/m0/s1. The molecule has 1 amide bonds. The number of likely N-dealkylation sites (tertiary alicyclic amines) is 2. The summed E-state index contributed by atoms with van der Waals surface area (Å²) < 4.78 is 26.9. The van der Waals surface area contributed by atoms with Crippen LogP contribution in [0.3, 0.4) is 0 Å². The van der Waals surface area contributed by atoms with E-state index in [-0.39, 0.29) is 22.9 Å². The van der Waals surface area contributed by atoms with E-state index in [1.54, 1.807) is 18.2 Å². The van der Waals surface area contributed by atoms with Crippen molar-refractivity contribution in [3.63, 3.8) is 0 Å². The number of hydrogen-bond acceptors (Lipinski definition) is 6. The number of aliphatic hydroxyl groups is 1. The van der Waals surface area contributed by atoms with Crippen LogP contribution in [0.15, 0.2) is 29.2 Å². The van der Waals surface area contributed by atoms with Gasteiger partial charge >= 0.3 is 0 Å². The smallest absolute Gasteiger partial charge is 0.243 e. The van der Waals surface area contributed by atoms with E-state index in [0.717, 1.165) is 32.5 Å². The molecular weight excluding hydrogens is 404 g/mol. The minimum absolute atomic E-state index is 0.148. The molecule has 3 fully saturated rings. The lowest BCUT2D eigenvalue weighted by atomic mass is 10.2. The highest BCUT2D eigenvalue weighted by Crippen LogP contribution is 2.24. The Bertz CT molecular complexity index is 850. The summed E-state index contributed by atoms with van der Waals surface area (Å²) in [5.41, 5.74) is 0.497. The molecule has 0 aromatic heterocycles. The number of sulfonamides is 1. The van der Waals surface area contributed by atoms with Gasteiger partial charge in [-0.05, 0) is 57.0 Å². The molecule has 30 heavy (non-hydrogen) atoms. The first-order valence-corrected chi connectivity index (χ1v) is 12.4. The van der Waals surface area contributed by atoms with Gasteiger partial charge in [0, 0.05) is 50.9 Å². The largest absolute Gasteiger partial charge is 0.390 e.